The third kappa shape index (κ3) is 1.10. The Hall–Kier alpha value is -0.830. The first kappa shape index (κ1) is 6.29. The molecule has 3 nitrogen and oxygen atoms in total. The average Bonchev–Trinajstić information content (AvgIpc) is 2.33. The summed E-state index contributed by atoms with van der Waals surface area (Å²) in [6, 6.07) is 0. The second-order valence-corrected chi connectivity index (χ2v) is 1.89. The fraction of sp³-hybridized carbons (Fsp3) is 0.500. The van der Waals surface area contributed by atoms with E-state index in [2.05, 4.69) is 10.2 Å². The molecule has 1 heterocycles. The predicted molar refractivity (Wildman–Crippen MR) is 33.9 cm³/mol. The molecule has 1 aromatic rings. The van der Waals surface area contributed by atoms with E-state index < -0.39 is 0 Å². The van der Waals surface area contributed by atoms with Gasteiger partial charge in [-0.2, -0.15) is 5.10 Å². The standard InChI is InChI=1S/C6H10N2O/c1-2-6-5(4-9)3-7-8-6/h3,9H,2,4H2,1H3,(H,7,8). The number of aromatic nitrogens is 2. The number of nitrogens with zero attached hydrogens (tertiary/aromatic N) is 1. The Bertz CT molecular complexity index is 164. The Morgan fingerprint density at radius 2 is 2.56 bits per heavy atom. The molecule has 1 aromatic heterocycles. The quantitative estimate of drug-likeness (QED) is 0.605. The van der Waals surface area contributed by atoms with Gasteiger partial charge in [0.25, 0.3) is 0 Å². The molecular weight excluding hydrogens is 116 g/mol. The Morgan fingerprint density at radius 1 is 1.78 bits per heavy atom. The number of aryl methyl sites for hydroxylation is 1. The SMILES string of the molecule is CCc1[nH]ncc1CO. The Labute approximate surface area is 53.7 Å². The van der Waals surface area contributed by atoms with E-state index in [1.165, 1.54) is 0 Å². The molecule has 3 heteroatoms. The van der Waals surface area contributed by atoms with Crippen LogP contribution < -0.4 is 0 Å². The minimum Gasteiger partial charge on any atom is -0.392 e. The number of hydrogen-bond acceptors (Lipinski definition) is 2. The van der Waals surface area contributed by atoms with E-state index in [4.69, 9.17) is 5.11 Å². The van der Waals surface area contributed by atoms with Gasteiger partial charge in [0.1, 0.15) is 0 Å². The molecule has 0 amide bonds. The highest BCUT2D eigenvalue weighted by Crippen LogP contribution is 2.03. The molecule has 0 bridgehead atoms. The summed E-state index contributed by atoms with van der Waals surface area (Å²) in [5.41, 5.74) is 1.93. The molecule has 0 unspecified atom stereocenters. The smallest absolute Gasteiger partial charge is 0.0715 e. The summed E-state index contributed by atoms with van der Waals surface area (Å²) in [6.07, 6.45) is 2.55. The van der Waals surface area contributed by atoms with Crippen LogP contribution in [0.3, 0.4) is 0 Å². The van der Waals surface area contributed by atoms with Gasteiger partial charge in [-0.05, 0) is 6.42 Å². The van der Waals surface area contributed by atoms with Gasteiger partial charge >= 0.3 is 0 Å². The highest BCUT2D eigenvalue weighted by Gasteiger charge is 1.98. The summed E-state index contributed by atoms with van der Waals surface area (Å²) in [7, 11) is 0. The van der Waals surface area contributed by atoms with Gasteiger partial charge in [0.15, 0.2) is 0 Å². The van der Waals surface area contributed by atoms with Crippen molar-refractivity contribution in [2.24, 2.45) is 0 Å². The van der Waals surface area contributed by atoms with Gasteiger partial charge in [-0.25, -0.2) is 0 Å². The molecule has 0 atom stereocenters. The largest absolute Gasteiger partial charge is 0.392 e. The van der Waals surface area contributed by atoms with E-state index in [9.17, 15) is 0 Å². The van der Waals surface area contributed by atoms with Crippen molar-refractivity contribution in [2.75, 3.05) is 0 Å². The molecule has 0 saturated carbocycles. The molecule has 0 radical (unpaired) electrons. The number of aliphatic hydroxyl groups is 1. The summed E-state index contributed by atoms with van der Waals surface area (Å²) in [6.45, 7) is 2.10. The van der Waals surface area contributed by atoms with E-state index >= 15 is 0 Å². The van der Waals surface area contributed by atoms with Crippen molar-refractivity contribution in [3.63, 3.8) is 0 Å². The van der Waals surface area contributed by atoms with Crippen LogP contribution in [-0.2, 0) is 13.0 Å². The summed E-state index contributed by atoms with van der Waals surface area (Å²) < 4.78 is 0. The molecule has 0 saturated heterocycles. The van der Waals surface area contributed by atoms with Gasteiger partial charge in [-0.3, -0.25) is 5.10 Å². The van der Waals surface area contributed by atoms with Crippen LogP contribution >= 0.6 is 0 Å². The Morgan fingerprint density at radius 3 is 3.00 bits per heavy atom. The number of aromatic amines is 1. The zero-order chi connectivity index (χ0) is 6.69. The lowest BCUT2D eigenvalue weighted by Crippen LogP contribution is -1.87. The Balaban J connectivity index is 2.85. The van der Waals surface area contributed by atoms with Crippen molar-refractivity contribution in [1.29, 1.82) is 0 Å². The second kappa shape index (κ2) is 2.64. The fourth-order valence-corrected chi connectivity index (χ4v) is 0.780. The molecule has 0 aliphatic rings. The zero-order valence-corrected chi connectivity index (χ0v) is 5.39. The van der Waals surface area contributed by atoms with Crippen molar-refractivity contribution in [3.8, 4) is 0 Å². The van der Waals surface area contributed by atoms with Crippen LogP contribution in [0, 0.1) is 0 Å². The van der Waals surface area contributed by atoms with Crippen LogP contribution in [-0.4, -0.2) is 15.3 Å². The van der Waals surface area contributed by atoms with Gasteiger partial charge in [-0.15, -0.1) is 0 Å². The van der Waals surface area contributed by atoms with E-state index in [1.807, 2.05) is 6.92 Å². The van der Waals surface area contributed by atoms with E-state index in [0.29, 0.717) is 0 Å². The highest BCUT2D eigenvalue weighted by atomic mass is 16.3. The number of H-pyrrole nitrogens is 1. The van der Waals surface area contributed by atoms with Crippen molar-refractivity contribution < 1.29 is 5.11 Å². The summed E-state index contributed by atoms with van der Waals surface area (Å²) in [5.74, 6) is 0. The van der Waals surface area contributed by atoms with Crippen molar-refractivity contribution in [3.05, 3.63) is 17.5 Å². The minimum atomic E-state index is 0.0830. The molecular formula is C6H10N2O. The maximum absolute atomic E-state index is 8.68. The number of hydrogen-bond donors (Lipinski definition) is 2. The van der Waals surface area contributed by atoms with Crippen LogP contribution in [0.4, 0.5) is 0 Å². The average molecular weight is 126 g/mol. The second-order valence-electron chi connectivity index (χ2n) is 1.89. The third-order valence-electron chi connectivity index (χ3n) is 1.33. The number of nitrogens with one attached hydrogen (secondary N) is 1. The van der Waals surface area contributed by atoms with Crippen LogP contribution in [0.1, 0.15) is 18.2 Å². The lowest BCUT2D eigenvalue weighted by Gasteiger charge is -1.91. The first-order chi connectivity index (χ1) is 4.38. The molecule has 9 heavy (non-hydrogen) atoms. The third-order valence-corrected chi connectivity index (χ3v) is 1.33. The van der Waals surface area contributed by atoms with E-state index in [0.717, 1.165) is 17.7 Å². The first-order valence-corrected chi connectivity index (χ1v) is 3.00. The molecule has 0 fully saturated rings. The van der Waals surface area contributed by atoms with Crippen LogP contribution in [0.25, 0.3) is 0 Å². The Kier molecular flexibility index (Phi) is 1.85. The highest BCUT2D eigenvalue weighted by molar-refractivity contribution is 5.14. The van der Waals surface area contributed by atoms with Gasteiger partial charge in [-0.1, -0.05) is 6.92 Å². The van der Waals surface area contributed by atoms with Crippen molar-refractivity contribution >= 4 is 0 Å². The minimum absolute atomic E-state index is 0.0830. The van der Waals surface area contributed by atoms with Gasteiger partial charge in [0.05, 0.1) is 12.8 Å². The predicted octanol–water partition coefficient (Wildman–Crippen LogP) is 0.464. The summed E-state index contributed by atoms with van der Waals surface area (Å²) in [4.78, 5) is 0. The number of aliphatic hydroxyl groups excluding tert-OH is 1. The van der Waals surface area contributed by atoms with E-state index in [-0.39, 0.29) is 6.61 Å². The van der Waals surface area contributed by atoms with Crippen LogP contribution in [0.5, 0.6) is 0 Å². The van der Waals surface area contributed by atoms with Gasteiger partial charge in [0, 0.05) is 11.3 Å². The number of rotatable bonds is 2. The molecule has 0 aliphatic heterocycles. The molecule has 0 aromatic carbocycles. The summed E-state index contributed by atoms with van der Waals surface area (Å²) in [5, 5.41) is 15.3. The van der Waals surface area contributed by atoms with E-state index in [1.54, 1.807) is 6.20 Å². The topological polar surface area (TPSA) is 48.9 Å². The maximum atomic E-state index is 8.68. The van der Waals surface area contributed by atoms with Gasteiger partial charge in [0.2, 0.25) is 0 Å². The fourth-order valence-electron chi connectivity index (χ4n) is 0.780. The molecule has 0 aliphatic carbocycles. The molecule has 1 rings (SSSR count). The normalized spacial score (nSPS) is 10.0. The first-order valence-electron chi connectivity index (χ1n) is 3.00. The van der Waals surface area contributed by atoms with Crippen molar-refractivity contribution in [1.82, 2.24) is 10.2 Å². The van der Waals surface area contributed by atoms with Gasteiger partial charge < -0.3 is 5.11 Å². The lowest BCUT2D eigenvalue weighted by atomic mass is 10.2. The van der Waals surface area contributed by atoms with Crippen LogP contribution in [0.15, 0.2) is 6.20 Å². The monoisotopic (exact) mass is 126 g/mol. The van der Waals surface area contributed by atoms with Crippen LogP contribution in [0.2, 0.25) is 0 Å². The maximum Gasteiger partial charge on any atom is 0.0715 e. The lowest BCUT2D eigenvalue weighted by molar-refractivity contribution is 0.280. The molecule has 0 spiro atoms. The molecule has 50 valence electrons. The summed E-state index contributed by atoms with van der Waals surface area (Å²) >= 11 is 0. The zero-order valence-electron chi connectivity index (χ0n) is 5.39. The van der Waals surface area contributed by atoms with Crippen molar-refractivity contribution in [2.45, 2.75) is 20.0 Å². The molecule has 2 N–H and O–H groups in total.